The lowest BCUT2D eigenvalue weighted by Crippen LogP contribution is -2.28. The molecule has 102 valence electrons. The summed E-state index contributed by atoms with van der Waals surface area (Å²) < 4.78 is 0. The average molecular weight is 288 g/mol. The highest BCUT2D eigenvalue weighted by atomic mass is 32.2. The van der Waals surface area contributed by atoms with Crippen molar-refractivity contribution in [3.63, 3.8) is 0 Å². The molecule has 0 aromatic heterocycles. The number of imide groups is 1. The summed E-state index contributed by atoms with van der Waals surface area (Å²) in [4.78, 5) is 39.3. The summed E-state index contributed by atoms with van der Waals surface area (Å²) in [7, 11) is 1.66. The summed E-state index contributed by atoms with van der Waals surface area (Å²) >= 11 is 0.843. The first-order chi connectivity index (χ1) is 9.56. The first kappa shape index (κ1) is 12.9. The van der Waals surface area contributed by atoms with Crippen molar-refractivity contribution in [2.24, 2.45) is 0 Å². The van der Waals surface area contributed by atoms with Crippen LogP contribution < -0.4 is 4.90 Å². The summed E-state index contributed by atoms with van der Waals surface area (Å²) in [6.45, 7) is 2.05. The van der Waals surface area contributed by atoms with E-state index in [-0.39, 0.29) is 22.0 Å². The molecule has 1 saturated heterocycles. The number of amides is 3. The number of hydrogen-bond donors (Lipinski definition) is 0. The number of carbonyl (C=O) groups excluding carboxylic acids is 3. The molecule has 0 spiro atoms. The number of benzene rings is 1. The van der Waals surface area contributed by atoms with Crippen molar-refractivity contribution in [1.82, 2.24) is 4.90 Å². The van der Waals surface area contributed by atoms with Crippen LogP contribution in [0.5, 0.6) is 0 Å². The van der Waals surface area contributed by atoms with Crippen molar-refractivity contribution in [1.29, 1.82) is 0 Å². The molecule has 3 rings (SSSR count). The van der Waals surface area contributed by atoms with Crippen LogP contribution >= 0.6 is 11.8 Å². The third-order valence-electron chi connectivity index (χ3n) is 3.45. The Bertz CT molecular complexity index is 681. The van der Waals surface area contributed by atoms with Gasteiger partial charge in [0.15, 0.2) is 0 Å². The van der Waals surface area contributed by atoms with Gasteiger partial charge in [-0.3, -0.25) is 19.3 Å². The standard InChI is InChI=1S/C14H12N2O3S/c1-3-16-13(18)11(20-14(16)19)10-8-6-4-5-7-9(8)15(2)12(10)17/h4-7H,3H2,1-2H3. The van der Waals surface area contributed by atoms with Gasteiger partial charge in [0.1, 0.15) is 0 Å². The van der Waals surface area contributed by atoms with Crippen LogP contribution in [0.3, 0.4) is 0 Å². The maximum absolute atomic E-state index is 12.4. The third kappa shape index (κ3) is 1.61. The molecule has 3 amide bonds. The van der Waals surface area contributed by atoms with Gasteiger partial charge < -0.3 is 4.90 Å². The van der Waals surface area contributed by atoms with Crippen molar-refractivity contribution in [2.45, 2.75) is 6.92 Å². The minimum absolute atomic E-state index is 0.235. The van der Waals surface area contributed by atoms with Gasteiger partial charge in [-0.1, -0.05) is 18.2 Å². The van der Waals surface area contributed by atoms with E-state index in [1.165, 1.54) is 4.90 Å². The molecule has 1 aromatic rings. The van der Waals surface area contributed by atoms with Crippen LogP contribution in [-0.2, 0) is 9.59 Å². The van der Waals surface area contributed by atoms with Crippen molar-refractivity contribution >= 4 is 40.1 Å². The second-order valence-electron chi connectivity index (χ2n) is 4.50. The van der Waals surface area contributed by atoms with E-state index >= 15 is 0 Å². The fourth-order valence-corrected chi connectivity index (χ4v) is 3.41. The lowest BCUT2D eigenvalue weighted by atomic mass is 10.1. The molecule has 0 aliphatic carbocycles. The first-order valence-electron chi connectivity index (χ1n) is 6.21. The van der Waals surface area contributed by atoms with Gasteiger partial charge in [0.05, 0.1) is 16.2 Å². The maximum atomic E-state index is 12.4. The lowest BCUT2D eigenvalue weighted by Gasteiger charge is -2.08. The van der Waals surface area contributed by atoms with E-state index in [1.54, 1.807) is 20.0 Å². The van der Waals surface area contributed by atoms with E-state index in [0.717, 1.165) is 22.3 Å². The van der Waals surface area contributed by atoms with E-state index < -0.39 is 0 Å². The molecule has 2 aliphatic rings. The van der Waals surface area contributed by atoms with E-state index in [1.807, 2.05) is 18.2 Å². The highest BCUT2D eigenvalue weighted by Gasteiger charge is 2.41. The molecular weight excluding hydrogens is 276 g/mol. The molecule has 0 saturated carbocycles. The molecule has 0 bridgehead atoms. The zero-order chi connectivity index (χ0) is 14.4. The zero-order valence-electron chi connectivity index (χ0n) is 11.0. The molecule has 2 aliphatic heterocycles. The van der Waals surface area contributed by atoms with Crippen LogP contribution in [0.25, 0.3) is 5.57 Å². The number of fused-ring (bicyclic) bond motifs is 1. The van der Waals surface area contributed by atoms with E-state index in [2.05, 4.69) is 0 Å². The fourth-order valence-electron chi connectivity index (χ4n) is 2.41. The Kier molecular flexibility index (Phi) is 2.90. The van der Waals surface area contributed by atoms with E-state index in [4.69, 9.17) is 0 Å². The highest BCUT2D eigenvalue weighted by Crippen LogP contribution is 2.43. The maximum Gasteiger partial charge on any atom is 0.293 e. The molecule has 0 N–H and O–H groups in total. The van der Waals surface area contributed by atoms with Crippen LogP contribution in [0.2, 0.25) is 0 Å². The Labute approximate surface area is 120 Å². The molecule has 0 radical (unpaired) electrons. The number of thioether (sulfide) groups is 1. The molecular formula is C14H12N2O3S. The molecule has 2 heterocycles. The van der Waals surface area contributed by atoms with Crippen LogP contribution in [-0.4, -0.2) is 35.5 Å². The van der Waals surface area contributed by atoms with Gasteiger partial charge in [-0.2, -0.15) is 0 Å². The highest BCUT2D eigenvalue weighted by molar-refractivity contribution is 8.18. The smallest absolute Gasteiger partial charge is 0.293 e. The molecule has 0 unspecified atom stereocenters. The summed E-state index contributed by atoms with van der Waals surface area (Å²) in [6, 6.07) is 7.27. The lowest BCUT2D eigenvalue weighted by molar-refractivity contribution is -0.123. The summed E-state index contributed by atoms with van der Waals surface area (Å²) in [5.74, 6) is -0.622. The number of carbonyl (C=O) groups is 3. The van der Waals surface area contributed by atoms with E-state index in [9.17, 15) is 14.4 Å². The van der Waals surface area contributed by atoms with Crippen LogP contribution in [0, 0.1) is 0 Å². The zero-order valence-corrected chi connectivity index (χ0v) is 11.9. The Morgan fingerprint density at radius 2 is 1.80 bits per heavy atom. The topological polar surface area (TPSA) is 57.7 Å². The normalized spacial score (nSPS) is 22.0. The van der Waals surface area contributed by atoms with Crippen LogP contribution in [0.15, 0.2) is 29.2 Å². The van der Waals surface area contributed by atoms with Crippen LogP contribution in [0.4, 0.5) is 10.5 Å². The quantitative estimate of drug-likeness (QED) is 0.742. The van der Waals surface area contributed by atoms with Gasteiger partial charge >= 0.3 is 0 Å². The predicted molar refractivity (Wildman–Crippen MR) is 77.1 cm³/mol. The minimum atomic E-state index is -0.379. The number of para-hydroxylation sites is 1. The minimum Gasteiger partial charge on any atom is -0.311 e. The summed E-state index contributed by atoms with van der Waals surface area (Å²) in [5, 5.41) is -0.320. The van der Waals surface area contributed by atoms with Crippen molar-refractivity contribution in [2.75, 3.05) is 18.5 Å². The molecule has 0 atom stereocenters. The summed E-state index contributed by atoms with van der Waals surface area (Å²) in [6.07, 6.45) is 0. The Balaban J connectivity index is 2.20. The third-order valence-corrected chi connectivity index (χ3v) is 4.42. The van der Waals surface area contributed by atoms with Crippen molar-refractivity contribution in [3.05, 3.63) is 34.7 Å². The largest absolute Gasteiger partial charge is 0.311 e. The SMILES string of the molecule is CCN1C(=O)SC(=C2C(=O)N(C)c3ccccc32)C1=O. The monoisotopic (exact) mass is 288 g/mol. The molecule has 20 heavy (non-hydrogen) atoms. The average Bonchev–Trinajstić information content (AvgIpc) is 2.86. The fraction of sp³-hybridized carbons (Fsp3) is 0.214. The molecule has 6 heteroatoms. The van der Waals surface area contributed by atoms with Gasteiger partial charge in [0.2, 0.25) is 0 Å². The molecule has 1 aromatic carbocycles. The van der Waals surface area contributed by atoms with Gasteiger partial charge in [-0.05, 0) is 24.8 Å². The van der Waals surface area contributed by atoms with Gasteiger partial charge in [0, 0.05) is 19.2 Å². The second-order valence-corrected chi connectivity index (χ2v) is 5.46. The number of likely N-dealkylation sites (N-methyl/N-ethyl adjacent to an activating group) is 2. The first-order valence-corrected chi connectivity index (χ1v) is 7.03. The number of anilines is 1. The van der Waals surface area contributed by atoms with Crippen LogP contribution in [0.1, 0.15) is 12.5 Å². The Hall–Kier alpha value is -2.08. The number of hydrogen-bond acceptors (Lipinski definition) is 4. The predicted octanol–water partition coefficient (Wildman–Crippen LogP) is 2.09. The second kappa shape index (κ2) is 4.49. The van der Waals surface area contributed by atoms with Crippen molar-refractivity contribution in [3.8, 4) is 0 Å². The number of rotatable bonds is 1. The van der Waals surface area contributed by atoms with Gasteiger partial charge in [-0.25, -0.2) is 0 Å². The number of nitrogens with zero attached hydrogens (tertiary/aromatic N) is 2. The van der Waals surface area contributed by atoms with Crippen molar-refractivity contribution < 1.29 is 14.4 Å². The van der Waals surface area contributed by atoms with E-state index in [0.29, 0.717) is 17.7 Å². The summed E-state index contributed by atoms with van der Waals surface area (Å²) in [5.41, 5.74) is 1.81. The van der Waals surface area contributed by atoms with Gasteiger partial charge in [0.25, 0.3) is 17.1 Å². The molecule has 1 fully saturated rings. The van der Waals surface area contributed by atoms with Gasteiger partial charge in [-0.15, -0.1) is 0 Å². The Morgan fingerprint density at radius 1 is 1.10 bits per heavy atom. The molecule has 5 nitrogen and oxygen atoms in total. The Morgan fingerprint density at radius 3 is 2.45 bits per heavy atom.